The molecule has 1 aliphatic heterocycles. The van der Waals surface area contributed by atoms with E-state index in [0.29, 0.717) is 12.5 Å². The minimum atomic E-state index is 0.224. The molecule has 0 aliphatic carbocycles. The molecule has 1 aromatic rings. The lowest BCUT2D eigenvalue weighted by molar-refractivity contribution is -0.117. The Bertz CT molecular complexity index is 297. The van der Waals surface area contributed by atoms with Gasteiger partial charge in [-0.3, -0.25) is 4.79 Å². The van der Waals surface area contributed by atoms with E-state index in [9.17, 15) is 4.79 Å². The molecule has 1 fully saturated rings. The number of carbonyl (C=O) groups is 1. The van der Waals surface area contributed by atoms with Crippen molar-refractivity contribution in [3.63, 3.8) is 0 Å². The van der Waals surface area contributed by atoms with Gasteiger partial charge in [-0.15, -0.1) is 11.3 Å². The average Bonchev–Trinajstić information content (AvgIpc) is 2.72. The largest absolute Gasteiger partial charge is 0.315 e. The molecule has 13 heavy (non-hydrogen) atoms. The first kappa shape index (κ1) is 8.72. The van der Waals surface area contributed by atoms with Gasteiger partial charge in [0.2, 0.25) is 5.91 Å². The van der Waals surface area contributed by atoms with Crippen molar-refractivity contribution in [2.75, 3.05) is 18.5 Å². The van der Waals surface area contributed by atoms with Crippen LogP contribution in [0.2, 0.25) is 0 Å². The van der Waals surface area contributed by atoms with Gasteiger partial charge in [0.05, 0.1) is 5.00 Å². The lowest BCUT2D eigenvalue weighted by atomic mass is 10.3. The minimum Gasteiger partial charge on any atom is -0.315 e. The van der Waals surface area contributed by atoms with Crippen molar-refractivity contribution in [3.8, 4) is 0 Å². The number of hydrogen-bond acceptors (Lipinski definition) is 3. The fraction of sp³-hybridized carbons (Fsp3) is 0.444. The molecule has 3 nitrogen and oxygen atoms in total. The molecule has 4 heteroatoms. The summed E-state index contributed by atoms with van der Waals surface area (Å²) in [6.07, 6.45) is 0.619. The number of thiophene rings is 1. The number of amides is 1. The van der Waals surface area contributed by atoms with Gasteiger partial charge in [-0.2, -0.15) is 0 Å². The van der Waals surface area contributed by atoms with Crippen molar-refractivity contribution < 1.29 is 4.79 Å². The van der Waals surface area contributed by atoms with E-state index < -0.39 is 0 Å². The summed E-state index contributed by atoms with van der Waals surface area (Å²) in [6, 6.07) is 4.27. The van der Waals surface area contributed by atoms with Gasteiger partial charge in [0.15, 0.2) is 0 Å². The van der Waals surface area contributed by atoms with Crippen molar-refractivity contribution >= 4 is 22.2 Å². The predicted molar refractivity (Wildman–Crippen MR) is 54.1 cm³/mol. The number of rotatable bonds is 2. The molecule has 0 bridgehead atoms. The van der Waals surface area contributed by atoms with Crippen LogP contribution >= 0.6 is 11.3 Å². The second-order valence-electron chi connectivity index (χ2n) is 3.15. The smallest absolute Gasteiger partial charge is 0.229 e. The Morgan fingerprint density at radius 2 is 2.54 bits per heavy atom. The maximum Gasteiger partial charge on any atom is 0.229 e. The Kier molecular flexibility index (Phi) is 2.33. The van der Waals surface area contributed by atoms with Crippen LogP contribution in [0.25, 0.3) is 0 Å². The number of hydrogen-bond donors (Lipinski definition) is 1. The van der Waals surface area contributed by atoms with Crippen molar-refractivity contribution in [2.24, 2.45) is 0 Å². The molecular formula is C9H12N2OS. The van der Waals surface area contributed by atoms with Gasteiger partial charge in [-0.1, -0.05) is 0 Å². The lowest BCUT2D eigenvalue weighted by Gasteiger charge is -2.13. The van der Waals surface area contributed by atoms with Crippen molar-refractivity contribution in [2.45, 2.75) is 12.5 Å². The third-order valence-corrected chi connectivity index (χ3v) is 3.20. The van der Waals surface area contributed by atoms with Crippen LogP contribution in [0.4, 0.5) is 5.00 Å². The molecule has 0 radical (unpaired) electrons. The summed E-state index contributed by atoms with van der Waals surface area (Å²) in [6.45, 7) is 0.801. The first-order valence-electron chi connectivity index (χ1n) is 4.32. The first-order chi connectivity index (χ1) is 6.31. The maximum absolute atomic E-state index is 11.5. The summed E-state index contributed by atoms with van der Waals surface area (Å²) in [5.74, 6) is 0.224. The van der Waals surface area contributed by atoms with E-state index in [1.807, 2.05) is 29.5 Å². The molecule has 0 saturated carbocycles. The van der Waals surface area contributed by atoms with Crippen LogP contribution in [0.1, 0.15) is 6.42 Å². The van der Waals surface area contributed by atoms with Gasteiger partial charge in [-0.25, -0.2) is 0 Å². The third kappa shape index (κ3) is 1.59. The van der Waals surface area contributed by atoms with Gasteiger partial charge >= 0.3 is 0 Å². The van der Waals surface area contributed by atoms with E-state index in [4.69, 9.17) is 0 Å². The van der Waals surface area contributed by atoms with Gasteiger partial charge in [0, 0.05) is 19.0 Å². The monoisotopic (exact) mass is 196 g/mol. The highest BCUT2D eigenvalue weighted by Crippen LogP contribution is 2.25. The van der Waals surface area contributed by atoms with E-state index in [1.54, 1.807) is 11.3 Å². The zero-order chi connectivity index (χ0) is 9.26. The normalized spacial score (nSPS) is 22.7. The Hall–Kier alpha value is -0.870. The van der Waals surface area contributed by atoms with E-state index in [0.717, 1.165) is 11.5 Å². The van der Waals surface area contributed by atoms with Crippen LogP contribution in [0.5, 0.6) is 0 Å². The molecule has 0 aromatic carbocycles. The van der Waals surface area contributed by atoms with E-state index in [-0.39, 0.29) is 5.91 Å². The third-order valence-electron chi connectivity index (χ3n) is 2.31. The standard InChI is InChI=1S/C9H12N2OS/c1-10-7-5-8(12)11(6-7)9-3-2-4-13-9/h2-4,7,10H,5-6H2,1H3. The highest BCUT2D eigenvalue weighted by Gasteiger charge is 2.29. The quantitative estimate of drug-likeness (QED) is 0.767. The van der Waals surface area contributed by atoms with Crippen LogP contribution in [0.3, 0.4) is 0 Å². The summed E-state index contributed by atoms with van der Waals surface area (Å²) in [5.41, 5.74) is 0. The molecule has 1 saturated heterocycles. The van der Waals surface area contributed by atoms with Crippen LogP contribution in [0, 0.1) is 0 Å². The van der Waals surface area contributed by atoms with E-state index in [1.165, 1.54) is 0 Å². The number of nitrogens with one attached hydrogen (secondary N) is 1. The molecule has 1 atom stereocenters. The maximum atomic E-state index is 11.5. The average molecular weight is 196 g/mol. The first-order valence-corrected chi connectivity index (χ1v) is 5.20. The summed E-state index contributed by atoms with van der Waals surface area (Å²) in [7, 11) is 1.90. The topological polar surface area (TPSA) is 32.3 Å². The second-order valence-corrected chi connectivity index (χ2v) is 4.07. The van der Waals surface area contributed by atoms with Crippen molar-refractivity contribution in [1.29, 1.82) is 0 Å². The second kappa shape index (κ2) is 3.47. The van der Waals surface area contributed by atoms with Gasteiger partial charge in [-0.05, 0) is 24.6 Å². The zero-order valence-corrected chi connectivity index (χ0v) is 8.30. The highest BCUT2D eigenvalue weighted by atomic mass is 32.1. The van der Waals surface area contributed by atoms with E-state index >= 15 is 0 Å². The van der Waals surface area contributed by atoms with Gasteiger partial charge in [0.1, 0.15) is 0 Å². The minimum absolute atomic E-state index is 0.224. The molecule has 1 N–H and O–H groups in total. The number of anilines is 1. The molecule has 2 heterocycles. The SMILES string of the molecule is CNC1CC(=O)N(c2cccs2)C1. The van der Waals surface area contributed by atoms with Crippen LogP contribution in [-0.4, -0.2) is 25.5 Å². The molecule has 1 aromatic heterocycles. The highest BCUT2D eigenvalue weighted by molar-refractivity contribution is 7.14. The fourth-order valence-electron chi connectivity index (χ4n) is 1.54. The Labute approximate surface area is 81.4 Å². The Morgan fingerprint density at radius 3 is 3.08 bits per heavy atom. The van der Waals surface area contributed by atoms with Crippen LogP contribution < -0.4 is 10.2 Å². The summed E-state index contributed by atoms with van der Waals surface area (Å²) in [4.78, 5) is 13.4. The summed E-state index contributed by atoms with van der Waals surface area (Å²) < 4.78 is 0. The van der Waals surface area contributed by atoms with Gasteiger partial charge in [0.25, 0.3) is 0 Å². The summed E-state index contributed by atoms with van der Waals surface area (Å²) >= 11 is 1.61. The zero-order valence-electron chi connectivity index (χ0n) is 7.49. The molecule has 1 aliphatic rings. The molecular weight excluding hydrogens is 184 g/mol. The molecule has 1 unspecified atom stereocenters. The molecule has 2 rings (SSSR count). The number of nitrogens with zero attached hydrogens (tertiary/aromatic N) is 1. The number of carbonyl (C=O) groups excluding carboxylic acids is 1. The predicted octanol–water partition coefficient (Wildman–Crippen LogP) is 1.07. The van der Waals surface area contributed by atoms with E-state index in [2.05, 4.69) is 5.32 Å². The van der Waals surface area contributed by atoms with Crippen LogP contribution in [0.15, 0.2) is 17.5 Å². The Morgan fingerprint density at radius 1 is 1.69 bits per heavy atom. The van der Waals surface area contributed by atoms with Crippen molar-refractivity contribution in [3.05, 3.63) is 17.5 Å². The van der Waals surface area contributed by atoms with Gasteiger partial charge < -0.3 is 10.2 Å². The molecule has 0 spiro atoms. The molecule has 70 valence electrons. The lowest BCUT2D eigenvalue weighted by Crippen LogP contribution is -2.29. The van der Waals surface area contributed by atoms with Crippen LogP contribution in [-0.2, 0) is 4.79 Å². The number of likely N-dealkylation sites (N-methyl/N-ethyl adjacent to an activating group) is 1. The van der Waals surface area contributed by atoms with Crippen molar-refractivity contribution in [1.82, 2.24) is 5.32 Å². The Balaban J connectivity index is 2.14. The fourth-order valence-corrected chi connectivity index (χ4v) is 2.29. The molecule has 1 amide bonds. The summed E-state index contributed by atoms with van der Waals surface area (Å²) in [5, 5.41) is 6.18.